The summed E-state index contributed by atoms with van der Waals surface area (Å²) >= 11 is 1.92. The Labute approximate surface area is 118 Å². The van der Waals surface area contributed by atoms with Gasteiger partial charge >= 0.3 is 0 Å². The van der Waals surface area contributed by atoms with E-state index in [1.807, 2.05) is 30.1 Å². The van der Waals surface area contributed by atoms with E-state index in [1.165, 1.54) is 32.1 Å². The lowest BCUT2D eigenvalue weighted by atomic mass is 9.94. The van der Waals surface area contributed by atoms with E-state index in [0.29, 0.717) is 6.04 Å². The molecule has 1 N–H and O–H groups in total. The van der Waals surface area contributed by atoms with Crippen molar-refractivity contribution in [1.82, 2.24) is 14.9 Å². The van der Waals surface area contributed by atoms with Crippen LogP contribution in [0.2, 0.25) is 0 Å². The van der Waals surface area contributed by atoms with E-state index in [1.54, 1.807) is 10.4 Å². The van der Waals surface area contributed by atoms with Crippen LogP contribution in [0.15, 0.2) is 30.2 Å². The third-order valence-electron chi connectivity index (χ3n) is 3.84. The summed E-state index contributed by atoms with van der Waals surface area (Å²) in [7, 11) is 0. The van der Waals surface area contributed by atoms with Crippen LogP contribution in [0.3, 0.4) is 0 Å². The smallest absolute Gasteiger partial charge is 0.0945 e. The zero-order chi connectivity index (χ0) is 12.9. The second-order valence-corrected chi connectivity index (χ2v) is 6.21. The molecule has 3 rings (SSSR count). The molecular formula is C15H21N3S. The van der Waals surface area contributed by atoms with E-state index in [2.05, 4.69) is 26.3 Å². The first kappa shape index (κ1) is 12.9. The van der Waals surface area contributed by atoms with Gasteiger partial charge in [0.15, 0.2) is 0 Å². The van der Waals surface area contributed by atoms with Crippen molar-refractivity contribution in [3.63, 3.8) is 0 Å². The number of nitrogens with one attached hydrogen (secondary N) is 1. The molecule has 1 atom stereocenters. The Morgan fingerprint density at radius 2 is 2.42 bits per heavy atom. The van der Waals surface area contributed by atoms with Crippen molar-refractivity contribution in [2.24, 2.45) is 0 Å². The van der Waals surface area contributed by atoms with Gasteiger partial charge in [0.1, 0.15) is 0 Å². The standard InChI is InChI=1S/C15H21N3S/c1(2-9-18-10-8-16-12-18)7-17-14-4-3-5-15-13(14)6-11-19-15/h6,8,10-12,14,17H,1-5,7,9H2. The van der Waals surface area contributed by atoms with Gasteiger partial charge in [-0.25, -0.2) is 4.98 Å². The van der Waals surface area contributed by atoms with Gasteiger partial charge in [-0.05, 0) is 55.7 Å². The fourth-order valence-corrected chi connectivity index (χ4v) is 3.80. The van der Waals surface area contributed by atoms with Gasteiger partial charge in [-0.3, -0.25) is 0 Å². The summed E-state index contributed by atoms with van der Waals surface area (Å²) in [6.45, 7) is 2.20. The molecule has 0 fully saturated rings. The molecular weight excluding hydrogens is 254 g/mol. The first-order chi connectivity index (χ1) is 9.43. The SMILES string of the molecule is c1cn(CCCCNC2CCCc3sccc32)cn1. The fourth-order valence-electron chi connectivity index (χ4n) is 2.81. The van der Waals surface area contributed by atoms with Crippen LogP contribution in [0.4, 0.5) is 0 Å². The van der Waals surface area contributed by atoms with Crippen molar-refractivity contribution in [3.8, 4) is 0 Å². The monoisotopic (exact) mass is 275 g/mol. The van der Waals surface area contributed by atoms with Crippen molar-refractivity contribution < 1.29 is 0 Å². The lowest BCUT2D eigenvalue weighted by Crippen LogP contribution is -2.25. The number of hydrogen-bond acceptors (Lipinski definition) is 3. The highest BCUT2D eigenvalue weighted by Gasteiger charge is 2.19. The summed E-state index contributed by atoms with van der Waals surface area (Å²) in [5.41, 5.74) is 1.56. The highest BCUT2D eigenvalue weighted by atomic mass is 32.1. The number of rotatable bonds is 6. The molecule has 3 nitrogen and oxygen atoms in total. The second-order valence-electron chi connectivity index (χ2n) is 5.21. The van der Waals surface area contributed by atoms with Crippen LogP contribution >= 0.6 is 11.3 Å². The zero-order valence-corrected chi connectivity index (χ0v) is 12.0. The van der Waals surface area contributed by atoms with Crippen LogP contribution in [-0.4, -0.2) is 16.1 Å². The summed E-state index contributed by atoms with van der Waals surface area (Å²) < 4.78 is 2.15. The van der Waals surface area contributed by atoms with Crippen LogP contribution in [0.25, 0.3) is 0 Å². The predicted octanol–water partition coefficient (Wildman–Crippen LogP) is 3.39. The maximum Gasteiger partial charge on any atom is 0.0945 e. The van der Waals surface area contributed by atoms with E-state index in [-0.39, 0.29) is 0 Å². The molecule has 1 aliphatic carbocycles. The minimum absolute atomic E-state index is 0.600. The molecule has 0 aromatic carbocycles. The fraction of sp³-hybridized carbons (Fsp3) is 0.533. The van der Waals surface area contributed by atoms with E-state index < -0.39 is 0 Å². The topological polar surface area (TPSA) is 29.9 Å². The van der Waals surface area contributed by atoms with Gasteiger partial charge in [-0.15, -0.1) is 11.3 Å². The number of hydrogen-bond donors (Lipinski definition) is 1. The molecule has 4 heteroatoms. The Hall–Kier alpha value is -1.13. The molecule has 102 valence electrons. The minimum atomic E-state index is 0.600. The molecule has 0 radical (unpaired) electrons. The maximum atomic E-state index is 4.06. The molecule has 1 aliphatic rings. The summed E-state index contributed by atoms with van der Waals surface area (Å²) in [4.78, 5) is 5.66. The normalized spacial score (nSPS) is 18.4. The minimum Gasteiger partial charge on any atom is -0.337 e. The van der Waals surface area contributed by atoms with Crippen LogP contribution < -0.4 is 5.32 Å². The van der Waals surface area contributed by atoms with Gasteiger partial charge in [0, 0.05) is 29.9 Å². The summed E-state index contributed by atoms with van der Waals surface area (Å²) in [5.74, 6) is 0. The summed E-state index contributed by atoms with van der Waals surface area (Å²) in [6, 6.07) is 2.91. The molecule has 0 saturated carbocycles. The van der Waals surface area contributed by atoms with Crippen molar-refractivity contribution >= 4 is 11.3 Å². The Morgan fingerprint density at radius 3 is 3.32 bits per heavy atom. The number of unbranched alkanes of at least 4 members (excludes halogenated alkanes) is 1. The Kier molecular flexibility index (Phi) is 4.30. The van der Waals surface area contributed by atoms with Gasteiger partial charge in [0.2, 0.25) is 0 Å². The molecule has 2 aromatic heterocycles. The Bertz CT molecular complexity index is 489. The average molecular weight is 275 g/mol. The van der Waals surface area contributed by atoms with Crippen molar-refractivity contribution in [2.45, 2.75) is 44.7 Å². The third kappa shape index (κ3) is 3.25. The van der Waals surface area contributed by atoms with Crippen LogP contribution in [0.5, 0.6) is 0 Å². The van der Waals surface area contributed by atoms with E-state index in [0.717, 1.165) is 13.1 Å². The van der Waals surface area contributed by atoms with Crippen LogP contribution in [-0.2, 0) is 13.0 Å². The number of thiophene rings is 1. The Morgan fingerprint density at radius 1 is 1.42 bits per heavy atom. The van der Waals surface area contributed by atoms with Gasteiger partial charge in [0.05, 0.1) is 6.33 Å². The molecule has 2 aromatic rings. The van der Waals surface area contributed by atoms with Gasteiger partial charge in [-0.2, -0.15) is 0 Å². The highest BCUT2D eigenvalue weighted by Crippen LogP contribution is 2.33. The summed E-state index contributed by atoms with van der Waals surface area (Å²) in [5, 5.41) is 5.97. The number of imidazole rings is 1. The van der Waals surface area contributed by atoms with Gasteiger partial charge in [-0.1, -0.05) is 0 Å². The maximum absolute atomic E-state index is 4.06. The average Bonchev–Trinajstić information content (AvgIpc) is 3.09. The summed E-state index contributed by atoms with van der Waals surface area (Å²) in [6.07, 6.45) is 12.1. The number of nitrogens with zero attached hydrogens (tertiary/aromatic N) is 2. The number of fused-ring (bicyclic) bond motifs is 1. The lowest BCUT2D eigenvalue weighted by Gasteiger charge is -2.23. The molecule has 0 bridgehead atoms. The van der Waals surface area contributed by atoms with E-state index in [9.17, 15) is 0 Å². The molecule has 1 unspecified atom stereocenters. The quantitative estimate of drug-likeness (QED) is 0.819. The molecule has 19 heavy (non-hydrogen) atoms. The molecule has 0 saturated heterocycles. The second kappa shape index (κ2) is 6.35. The highest BCUT2D eigenvalue weighted by molar-refractivity contribution is 7.10. The lowest BCUT2D eigenvalue weighted by molar-refractivity contribution is 0.449. The predicted molar refractivity (Wildman–Crippen MR) is 79.5 cm³/mol. The van der Waals surface area contributed by atoms with E-state index in [4.69, 9.17) is 0 Å². The largest absolute Gasteiger partial charge is 0.337 e. The first-order valence-corrected chi connectivity index (χ1v) is 8.07. The molecule has 0 amide bonds. The Balaban J connectivity index is 1.39. The van der Waals surface area contributed by atoms with Crippen molar-refractivity contribution in [3.05, 3.63) is 40.6 Å². The van der Waals surface area contributed by atoms with Crippen LogP contribution in [0, 0.1) is 0 Å². The van der Waals surface area contributed by atoms with E-state index >= 15 is 0 Å². The first-order valence-electron chi connectivity index (χ1n) is 7.19. The van der Waals surface area contributed by atoms with Crippen molar-refractivity contribution in [1.29, 1.82) is 0 Å². The van der Waals surface area contributed by atoms with Gasteiger partial charge < -0.3 is 9.88 Å². The number of aromatic nitrogens is 2. The van der Waals surface area contributed by atoms with Gasteiger partial charge in [0.25, 0.3) is 0 Å². The molecule has 0 aliphatic heterocycles. The molecule has 2 heterocycles. The number of aryl methyl sites for hydroxylation is 2. The molecule has 0 spiro atoms. The van der Waals surface area contributed by atoms with Crippen LogP contribution in [0.1, 0.15) is 42.2 Å². The third-order valence-corrected chi connectivity index (χ3v) is 4.84. The van der Waals surface area contributed by atoms with Crippen molar-refractivity contribution in [2.75, 3.05) is 6.54 Å². The zero-order valence-electron chi connectivity index (χ0n) is 11.2.